The molecule has 0 aliphatic carbocycles. The summed E-state index contributed by atoms with van der Waals surface area (Å²) >= 11 is 2.16. The van der Waals surface area contributed by atoms with Crippen LogP contribution in [0.5, 0.6) is 5.75 Å². The lowest BCUT2D eigenvalue weighted by molar-refractivity contribution is 0.102. The van der Waals surface area contributed by atoms with Crippen molar-refractivity contribution in [3.63, 3.8) is 0 Å². The summed E-state index contributed by atoms with van der Waals surface area (Å²) in [5, 5.41) is 2.91. The Balaban J connectivity index is 2.01. The lowest BCUT2D eigenvalue weighted by atomic mass is 10.1. The third-order valence-corrected chi connectivity index (χ3v) is 4.11. The number of hydrogen-bond acceptors (Lipinski definition) is 2. The molecule has 4 heteroatoms. The highest BCUT2D eigenvalue weighted by molar-refractivity contribution is 14.1. The first-order chi connectivity index (χ1) is 10.6. The number of rotatable bonds is 6. The number of ether oxygens (including phenoxy) is 1. The van der Waals surface area contributed by atoms with Gasteiger partial charge in [0.2, 0.25) is 0 Å². The fourth-order valence-electron chi connectivity index (χ4n) is 1.92. The van der Waals surface area contributed by atoms with Crippen LogP contribution in [-0.4, -0.2) is 12.5 Å². The summed E-state index contributed by atoms with van der Waals surface area (Å²) in [6, 6.07) is 15.0. The van der Waals surface area contributed by atoms with Crippen molar-refractivity contribution >= 4 is 34.2 Å². The molecular weight excluding hydrogens is 389 g/mol. The third kappa shape index (κ3) is 5.02. The quantitative estimate of drug-likeness (QED) is 0.685. The molecule has 0 fully saturated rings. The summed E-state index contributed by atoms with van der Waals surface area (Å²) in [4.78, 5) is 12.3. The van der Waals surface area contributed by atoms with E-state index in [9.17, 15) is 4.79 Å². The number of benzene rings is 2. The molecule has 3 nitrogen and oxygen atoms in total. The van der Waals surface area contributed by atoms with Crippen molar-refractivity contribution in [1.29, 1.82) is 0 Å². The molecule has 0 saturated heterocycles. The molecule has 0 aliphatic rings. The summed E-state index contributed by atoms with van der Waals surface area (Å²) in [6.07, 6.45) is 1.01. The molecule has 0 radical (unpaired) electrons. The maximum Gasteiger partial charge on any atom is 0.256 e. The summed E-state index contributed by atoms with van der Waals surface area (Å²) in [6.45, 7) is 5.02. The Morgan fingerprint density at radius 1 is 1.18 bits per heavy atom. The van der Waals surface area contributed by atoms with E-state index < -0.39 is 0 Å². The molecule has 0 atom stereocenters. The van der Waals surface area contributed by atoms with Crippen molar-refractivity contribution in [3.8, 4) is 5.75 Å². The first-order valence-corrected chi connectivity index (χ1v) is 8.43. The maximum atomic E-state index is 12.3. The number of nitrogens with one attached hydrogen (secondary N) is 1. The summed E-state index contributed by atoms with van der Waals surface area (Å²) in [5.41, 5.74) is 1.42. The van der Waals surface area contributed by atoms with E-state index in [2.05, 4.69) is 41.8 Å². The normalized spacial score (nSPS) is 10.5. The number of amides is 1. The highest BCUT2D eigenvalue weighted by atomic mass is 127. The van der Waals surface area contributed by atoms with Crippen LogP contribution < -0.4 is 10.1 Å². The predicted molar refractivity (Wildman–Crippen MR) is 98.5 cm³/mol. The highest BCUT2D eigenvalue weighted by Gasteiger charge is 2.09. The fraction of sp³-hybridized carbons (Fsp3) is 0.278. The van der Waals surface area contributed by atoms with Crippen molar-refractivity contribution in [1.82, 2.24) is 0 Å². The van der Waals surface area contributed by atoms with E-state index in [0.717, 1.165) is 21.4 Å². The van der Waals surface area contributed by atoms with Gasteiger partial charge in [-0.2, -0.15) is 0 Å². The largest absolute Gasteiger partial charge is 0.494 e. The van der Waals surface area contributed by atoms with E-state index in [1.165, 1.54) is 0 Å². The SMILES string of the molecule is CC(C)CCOc1cccc(NC(=O)c2ccccc2I)c1. The average molecular weight is 409 g/mol. The lowest BCUT2D eigenvalue weighted by Gasteiger charge is -2.11. The van der Waals surface area contributed by atoms with Gasteiger partial charge in [0.05, 0.1) is 12.2 Å². The van der Waals surface area contributed by atoms with Crippen LogP contribution in [0.4, 0.5) is 5.69 Å². The summed E-state index contributed by atoms with van der Waals surface area (Å²) in [5.74, 6) is 1.29. The van der Waals surface area contributed by atoms with E-state index >= 15 is 0 Å². The van der Waals surface area contributed by atoms with Gasteiger partial charge in [0, 0.05) is 15.3 Å². The lowest BCUT2D eigenvalue weighted by Crippen LogP contribution is -2.13. The predicted octanol–water partition coefficient (Wildman–Crippen LogP) is 4.97. The van der Waals surface area contributed by atoms with Crippen molar-refractivity contribution in [2.24, 2.45) is 5.92 Å². The van der Waals surface area contributed by atoms with Gasteiger partial charge < -0.3 is 10.1 Å². The second kappa shape index (κ2) is 8.17. The molecule has 1 amide bonds. The number of carbonyl (C=O) groups excluding carboxylic acids is 1. The first-order valence-electron chi connectivity index (χ1n) is 7.35. The molecule has 116 valence electrons. The van der Waals surface area contributed by atoms with Crippen LogP contribution in [0.25, 0.3) is 0 Å². The van der Waals surface area contributed by atoms with Gasteiger partial charge in [0.15, 0.2) is 0 Å². The molecule has 0 aromatic heterocycles. The standard InChI is InChI=1S/C18H20INO2/c1-13(2)10-11-22-15-7-5-6-14(12-15)20-18(21)16-8-3-4-9-17(16)19/h3-9,12-13H,10-11H2,1-2H3,(H,20,21). The molecule has 2 rings (SSSR count). The molecule has 0 bridgehead atoms. The Kier molecular flexibility index (Phi) is 6.24. The maximum absolute atomic E-state index is 12.3. The molecule has 2 aromatic carbocycles. The molecule has 2 aromatic rings. The zero-order chi connectivity index (χ0) is 15.9. The Morgan fingerprint density at radius 3 is 2.68 bits per heavy atom. The van der Waals surface area contributed by atoms with Gasteiger partial charge in [-0.3, -0.25) is 4.79 Å². The van der Waals surface area contributed by atoms with Gasteiger partial charge in [0.1, 0.15) is 5.75 Å². The number of hydrogen-bond donors (Lipinski definition) is 1. The van der Waals surface area contributed by atoms with Crippen molar-refractivity contribution < 1.29 is 9.53 Å². The number of carbonyl (C=O) groups is 1. The molecule has 22 heavy (non-hydrogen) atoms. The minimum absolute atomic E-state index is 0.107. The minimum atomic E-state index is -0.107. The van der Waals surface area contributed by atoms with Crippen LogP contribution in [0.3, 0.4) is 0 Å². The van der Waals surface area contributed by atoms with E-state index in [1.54, 1.807) is 0 Å². The molecule has 0 heterocycles. The minimum Gasteiger partial charge on any atom is -0.494 e. The van der Waals surface area contributed by atoms with E-state index in [0.29, 0.717) is 18.1 Å². The van der Waals surface area contributed by atoms with Crippen molar-refractivity contribution in [2.75, 3.05) is 11.9 Å². The van der Waals surface area contributed by atoms with Gasteiger partial charge in [-0.1, -0.05) is 32.0 Å². The highest BCUT2D eigenvalue weighted by Crippen LogP contribution is 2.20. The van der Waals surface area contributed by atoms with Crippen molar-refractivity contribution in [2.45, 2.75) is 20.3 Å². The molecule has 1 N–H and O–H groups in total. The zero-order valence-corrected chi connectivity index (χ0v) is 15.0. The van der Waals surface area contributed by atoms with Gasteiger partial charge in [0.25, 0.3) is 5.91 Å². The zero-order valence-electron chi connectivity index (χ0n) is 12.8. The average Bonchev–Trinajstić information content (AvgIpc) is 2.47. The van der Waals surface area contributed by atoms with Crippen LogP contribution in [0.2, 0.25) is 0 Å². The second-order valence-corrected chi connectivity index (χ2v) is 6.65. The van der Waals surface area contributed by atoms with Gasteiger partial charge >= 0.3 is 0 Å². The molecule has 0 aliphatic heterocycles. The van der Waals surface area contributed by atoms with Gasteiger partial charge in [-0.15, -0.1) is 0 Å². The van der Waals surface area contributed by atoms with Gasteiger partial charge in [-0.25, -0.2) is 0 Å². The van der Waals surface area contributed by atoms with Crippen LogP contribution in [-0.2, 0) is 0 Å². The molecule has 0 unspecified atom stereocenters. The summed E-state index contributed by atoms with van der Waals surface area (Å²) < 4.78 is 6.65. The number of halogens is 1. The topological polar surface area (TPSA) is 38.3 Å². The number of anilines is 1. The van der Waals surface area contributed by atoms with E-state index in [4.69, 9.17) is 4.74 Å². The van der Waals surface area contributed by atoms with Gasteiger partial charge in [-0.05, 0) is 59.2 Å². The van der Waals surface area contributed by atoms with Crippen molar-refractivity contribution in [3.05, 3.63) is 57.7 Å². The Hall–Kier alpha value is -1.56. The second-order valence-electron chi connectivity index (χ2n) is 5.49. The Labute approximate surface area is 145 Å². The third-order valence-electron chi connectivity index (χ3n) is 3.17. The van der Waals surface area contributed by atoms with Crippen LogP contribution in [0.15, 0.2) is 48.5 Å². The molecular formula is C18H20INO2. The molecule has 0 saturated carbocycles. The van der Waals surface area contributed by atoms with Crippen LogP contribution in [0.1, 0.15) is 30.6 Å². The first kappa shape index (κ1) is 16.8. The van der Waals surface area contributed by atoms with E-state index in [1.807, 2.05) is 48.5 Å². The summed E-state index contributed by atoms with van der Waals surface area (Å²) in [7, 11) is 0. The monoisotopic (exact) mass is 409 g/mol. The smallest absolute Gasteiger partial charge is 0.256 e. The molecule has 0 spiro atoms. The fourth-order valence-corrected chi connectivity index (χ4v) is 2.55. The Bertz CT molecular complexity index is 640. The van der Waals surface area contributed by atoms with Crippen LogP contribution >= 0.6 is 22.6 Å². The Morgan fingerprint density at radius 2 is 1.95 bits per heavy atom. The van der Waals surface area contributed by atoms with Crippen LogP contribution in [0, 0.1) is 9.49 Å². The van der Waals surface area contributed by atoms with E-state index in [-0.39, 0.29) is 5.91 Å².